The standard InChI is InChI=1S/C15H18N4OS/c20-15(11-12-5-4-10-21-12)16-13-6-7-14(18-17-13)19-8-2-1-3-9-19/h4-7,10H,1-3,8-9,11H2,(H,16,17,20). The number of carbonyl (C=O) groups excluding carboxylic acids is 1. The fourth-order valence-electron chi connectivity index (χ4n) is 2.44. The van der Waals surface area contributed by atoms with Gasteiger partial charge >= 0.3 is 0 Å². The Hall–Kier alpha value is -1.95. The lowest BCUT2D eigenvalue weighted by molar-refractivity contribution is -0.115. The molecule has 0 atom stereocenters. The van der Waals surface area contributed by atoms with Crippen LogP contribution < -0.4 is 10.2 Å². The summed E-state index contributed by atoms with van der Waals surface area (Å²) >= 11 is 1.58. The number of amides is 1. The maximum Gasteiger partial charge on any atom is 0.230 e. The number of nitrogens with zero attached hydrogens (tertiary/aromatic N) is 3. The quantitative estimate of drug-likeness (QED) is 0.943. The van der Waals surface area contributed by atoms with Gasteiger partial charge in [-0.3, -0.25) is 4.79 Å². The van der Waals surface area contributed by atoms with Crippen molar-refractivity contribution in [1.82, 2.24) is 10.2 Å². The third-order valence-corrected chi connectivity index (χ3v) is 4.39. The van der Waals surface area contributed by atoms with Crippen molar-refractivity contribution in [2.45, 2.75) is 25.7 Å². The van der Waals surface area contributed by atoms with Gasteiger partial charge in [-0.2, -0.15) is 0 Å². The number of carbonyl (C=O) groups is 1. The molecule has 2 aromatic heterocycles. The Balaban J connectivity index is 1.57. The van der Waals surface area contributed by atoms with Crippen molar-refractivity contribution in [2.24, 2.45) is 0 Å². The molecule has 0 unspecified atom stereocenters. The van der Waals surface area contributed by atoms with E-state index in [2.05, 4.69) is 20.4 Å². The molecule has 1 aliphatic heterocycles. The molecule has 3 rings (SSSR count). The first-order valence-electron chi connectivity index (χ1n) is 7.22. The van der Waals surface area contributed by atoms with Crippen LogP contribution >= 0.6 is 11.3 Å². The second-order valence-electron chi connectivity index (χ2n) is 5.13. The molecule has 3 heterocycles. The molecule has 0 saturated carbocycles. The minimum absolute atomic E-state index is 0.0579. The molecule has 5 nitrogen and oxygen atoms in total. The SMILES string of the molecule is O=C(Cc1cccs1)Nc1ccc(N2CCCCC2)nn1. The molecule has 0 aliphatic carbocycles. The summed E-state index contributed by atoms with van der Waals surface area (Å²) < 4.78 is 0. The maximum atomic E-state index is 11.9. The van der Waals surface area contributed by atoms with Crippen LogP contribution in [0.4, 0.5) is 11.6 Å². The van der Waals surface area contributed by atoms with E-state index >= 15 is 0 Å². The van der Waals surface area contributed by atoms with Crippen molar-refractivity contribution in [3.63, 3.8) is 0 Å². The molecular formula is C15H18N4OS. The highest BCUT2D eigenvalue weighted by molar-refractivity contribution is 7.10. The highest BCUT2D eigenvalue weighted by atomic mass is 32.1. The number of aromatic nitrogens is 2. The molecule has 0 aromatic carbocycles. The van der Waals surface area contributed by atoms with Crippen molar-refractivity contribution < 1.29 is 4.79 Å². The maximum absolute atomic E-state index is 11.9. The Morgan fingerprint density at radius 2 is 2.05 bits per heavy atom. The van der Waals surface area contributed by atoms with Gasteiger partial charge in [-0.15, -0.1) is 21.5 Å². The minimum atomic E-state index is -0.0579. The van der Waals surface area contributed by atoms with E-state index < -0.39 is 0 Å². The average Bonchev–Trinajstić information content (AvgIpc) is 3.02. The van der Waals surface area contributed by atoms with Gasteiger partial charge in [0, 0.05) is 18.0 Å². The van der Waals surface area contributed by atoms with Crippen molar-refractivity contribution in [1.29, 1.82) is 0 Å². The third kappa shape index (κ3) is 3.78. The van der Waals surface area contributed by atoms with Gasteiger partial charge in [-0.05, 0) is 42.8 Å². The van der Waals surface area contributed by atoms with Gasteiger partial charge in [-0.1, -0.05) is 6.07 Å². The van der Waals surface area contributed by atoms with E-state index in [4.69, 9.17) is 0 Å². The van der Waals surface area contributed by atoms with Crippen LogP contribution in [0.2, 0.25) is 0 Å². The number of hydrogen-bond acceptors (Lipinski definition) is 5. The Morgan fingerprint density at radius 1 is 1.19 bits per heavy atom. The van der Waals surface area contributed by atoms with Crippen LogP contribution in [0.5, 0.6) is 0 Å². The summed E-state index contributed by atoms with van der Waals surface area (Å²) in [4.78, 5) is 15.2. The number of anilines is 2. The summed E-state index contributed by atoms with van der Waals surface area (Å²) in [5.74, 6) is 1.35. The summed E-state index contributed by atoms with van der Waals surface area (Å²) in [5, 5.41) is 13.1. The third-order valence-electron chi connectivity index (χ3n) is 3.51. The Morgan fingerprint density at radius 3 is 2.71 bits per heavy atom. The van der Waals surface area contributed by atoms with Crippen molar-refractivity contribution in [2.75, 3.05) is 23.3 Å². The first kappa shape index (κ1) is 14.0. The molecule has 2 aromatic rings. The zero-order chi connectivity index (χ0) is 14.5. The molecule has 1 amide bonds. The predicted molar refractivity (Wildman–Crippen MR) is 84.7 cm³/mol. The van der Waals surface area contributed by atoms with Crippen LogP contribution in [0.1, 0.15) is 24.1 Å². The van der Waals surface area contributed by atoms with Crippen LogP contribution in [0, 0.1) is 0 Å². The van der Waals surface area contributed by atoms with Crippen LogP contribution in [-0.2, 0) is 11.2 Å². The second kappa shape index (κ2) is 6.67. The molecule has 0 bridgehead atoms. The molecule has 0 radical (unpaired) electrons. The van der Waals surface area contributed by atoms with Crippen LogP contribution in [-0.4, -0.2) is 29.2 Å². The summed E-state index contributed by atoms with van der Waals surface area (Å²) in [7, 11) is 0. The highest BCUT2D eigenvalue weighted by Crippen LogP contribution is 2.17. The lowest BCUT2D eigenvalue weighted by Gasteiger charge is -2.27. The molecule has 0 spiro atoms. The number of nitrogens with one attached hydrogen (secondary N) is 1. The Kier molecular flexibility index (Phi) is 4.45. The molecule has 1 saturated heterocycles. The van der Waals surface area contributed by atoms with E-state index in [0.717, 1.165) is 23.8 Å². The molecule has 110 valence electrons. The number of rotatable bonds is 4. The summed E-state index contributed by atoms with van der Waals surface area (Å²) in [6.07, 6.45) is 4.09. The van der Waals surface area contributed by atoms with Crippen molar-refractivity contribution in [3.8, 4) is 0 Å². The van der Waals surface area contributed by atoms with Crippen LogP contribution in [0.15, 0.2) is 29.6 Å². The molecule has 1 aliphatic rings. The van der Waals surface area contributed by atoms with Crippen LogP contribution in [0.3, 0.4) is 0 Å². The first-order chi connectivity index (χ1) is 10.3. The first-order valence-corrected chi connectivity index (χ1v) is 8.10. The van der Waals surface area contributed by atoms with Crippen molar-refractivity contribution >= 4 is 28.9 Å². The molecule has 21 heavy (non-hydrogen) atoms. The number of piperidine rings is 1. The average molecular weight is 302 g/mol. The lowest BCUT2D eigenvalue weighted by Crippen LogP contribution is -2.30. The summed E-state index contributed by atoms with van der Waals surface area (Å²) in [6, 6.07) is 7.65. The second-order valence-corrected chi connectivity index (χ2v) is 6.16. The predicted octanol–water partition coefficient (Wildman–Crippen LogP) is 2.71. The van der Waals surface area contributed by atoms with Crippen LogP contribution in [0.25, 0.3) is 0 Å². The number of thiophene rings is 1. The van der Waals surface area contributed by atoms with E-state index in [-0.39, 0.29) is 5.91 Å². The van der Waals surface area contributed by atoms with Gasteiger partial charge in [0.05, 0.1) is 6.42 Å². The van der Waals surface area contributed by atoms with Gasteiger partial charge in [0.25, 0.3) is 0 Å². The van der Waals surface area contributed by atoms with E-state index in [0.29, 0.717) is 12.2 Å². The Bertz CT molecular complexity index is 576. The minimum Gasteiger partial charge on any atom is -0.355 e. The summed E-state index contributed by atoms with van der Waals surface area (Å²) in [6.45, 7) is 2.08. The zero-order valence-electron chi connectivity index (χ0n) is 11.8. The van der Waals surface area contributed by atoms with Crippen molar-refractivity contribution in [3.05, 3.63) is 34.5 Å². The zero-order valence-corrected chi connectivity index (χ0v) is 12.6. The van der Waals surface area contributed by atoms with E-state index in [1.807, 2.05) is 29.6 Å². The molecule has 1 N–H and O–H groups in total. The summed E-state index contributed by atoms with van der Waals surface area (Å²) in [5.41, 5.74) is 0. The van der Waals surface area contributed by atoms with Gasteiger partial charge < -0.3 is 10.2 Å². The normalized spacial score (nSPS) is 15.0. The van der Waals surface area contributed by atoms with E-state index in [1.165, 1.54) is 19.3 Å². The molecule has 1 fully saturated rings. The van der Waals surface area contributed by atoms with E-state index in [1.54, 1.807) is 11.3 Å². The Labute approximate surface area is 128 Å². The smallest absolute Gasteiger partial charge is 0.230 e. The fraction of sp³-hybridized carbons (Fsp3) is 0.400. The molecular weight excluding hydrogens is 284 g/mol. The number of hydrogen-bond donors (Lipinski definition) is 1. The monoisotopic (exact) mass is 302 g/mol. The van der Waals surface area contributed by atoms with Gasteiger partial charge in [0.15, 0.2) is 11.6 Å². The van der Waals surface area contributed by atoms with Gasteiger partial charge in [0.1, 0.15) is 0 Å². The van der Waals surface area contributed by atoms with Gasteiger partial charge in [0.2, 0.25) is 5.91 Å². The van der Waals surface area contributed by atoms with Gasteiger partial charge in [-0.25, -0.2) is 0 Å². The molecule has 6 heteroatoms. The largest absolute Gasteiger partial charge is 0.355 e. The lowest BCUT2D eigenvalue weighted by atomic mass is 10.1. The fourth-order valence-corrected chi connectivity index (χ4v) is 3.15. The highest BCUT2D eigenvalue weighted by Gasteiger charge is 2.13. The van der Waals surface area contributed by atoms with E-state index in [9.17, 15) is 4.79 Å². The topological polar surface area (TPSA) is 58.1 Å².